The van der Waals surface area contributed by atoms with Crippen LogP contribution in [-0.2, 0) is 34.3 Å². The minimum absolute atomic E-state index is 0.130. The Kier molecular flexibility index (Phi) is 8.91. The molecule has 2 N–H and O–H groups in total. The SMILES string of the molecule is O=C(Nc1cc(C(F)(F)F)cc(C(F)(F)F)c1)C(CCCl)C(=O)Nc1cc(C(F)(F)F)cc(C(F)(F)F)c1. The smallest absolute Gasteiger partial charge is 0.325 e. The van der Waals surface area contributed by atoms with E-state index in [1.807, 2.05) is 0 Å². The molecule has 210 valence electrons. The predicted molar refractivity (Wildman–Crippen MR) is 109 cm³/mol. The van der Waals surface area contributed by atoms with Crippen molar-refractivity contribution in [2.24, 2.45) is 5.92 Å². The van der Waals surface area contributed by atoms with E-state index in [0.29, 0.717) is 0 Å². The van der Waals surface area contributed by atoms with Gasteiger partial charge in [-0.3, -0.25) is 9.59 Å². The Bertz CT molecular complexity index is 1030. The summed E-state index contributed by atoms with van der Waals surface area (Å²) in [5.74, 6) is -5.62. The highest BCUT2D eigenvalue weighted by Gasteiger charge is 2.39. The zero-order chi connectivity index (χ0) is 29.3. The Balaban J connectivity index is 2.41. The lowest BCUT2D eigenvalue weighted by atomic mass is 10.0. The number of alkyl halides is 13. The van der Waals surface area contributed by atoms with Gasteiger partial charge in [0.1, 0.15) is 5.92 Å². The van der Waals surface area contributed by atoms with Crippen LogP contribution >= 0.6 is 11.6 Å². The van der Waals surface area contributed by atoms with E-state index in [1.54, 1.807) is 10.6 Å². The number of nitrogens with one attached hydrogen (secondary N) is 2. The van der Waals surface area contributed by atoms with Gasteiger partial charge >= 0.3 is 24.7 Å². The van der Waals surface area contributed by atoms with E-state index < -0.39 is 88.4 Å². The topological polar surface area (TPSA) is 58.2 Å². The van der Waals surface area contributed by atoms with Crippen molar-refractivity contribution in [2.45, 2.75) is 31.1 Å². The zero-order valence-corrected chi connectivity index (χ0v) is 18.9. The molecule has 0 aliphatic rings. The number of hydrogen-bond donors (Lipinski definition) is 2. The minimum atomic E-state index is -5.27. The molecule has 2 rings (SSSR count). The highest BCUT2D eigenvalue weighted by molar-refractivity contribution is 6.19. The van der Waals surface area contributed by atoms with Gasteiger partial charge in [0.05, 0.1) is 22.3 Å². The first-order valence-electron chi connectivity index (χ1n) is 9.89. The number of amides is 2. The molecule has 0 aromatic heterocycles. The van der Waals surface area contributed by atoms with E-state index in [1.165, 1.54) is 0 Å². The molecule has 0 bridgehead atoms. The van der Waals surface area contributed by atoms with Crippen molar-refractivity contribution in [2.75, 3.05) is 16.5 Å². The van der Waals surface area contributed by atoms with E-state index in [0.717, 1.165) is 0 Å². The van der Waals surface area contributed by atoms with Crippen LogP contribution in [-0.4, -0.2) is 17.7 Å². The van der Waals surface area contributed by atoms with Crippen LogP contribution in [0.4, 0.5) is 64.1 Å². The highest BCUT2D eigenvalue weighted by atomic mass is 35.5. The molecular weight excluding hydrogens is 576 g/mol. The van der Waals surface area contributed by atoms with Gasteiger partial charge in [-0.25, -0.2) is 0 Å². The van der Waals surface area contributed by atoms with Crippen LogP contribution in [0.25, 0.3) is 0 Å². The van der Waals surface area contributed by atoms with Gasteiger partial charge in [-0.15, -0.1) is 11.6 Å². The molecule has 0 heterocycles. The van der Waals surface area contributed by atoms with Crippen LogP contribution < -0.4 is 10.6 Å². The maximum absolute atomic E-state index is 13.0. The summed E-state index contributed by atoms with van der Waals surface area (Å²) in [7, 11) is 0. The Morgan fingerprint density at radius 1 is 0.579 bits per heavy atom. The minimum Gasteiger partial charge on any atom is -0.325 e. The number of carbonyl (C=O) groups is 2. The molecule has 0 atom stereocenters. The molecular formula is C21H13ClF12N2O2. The van der Waals surface area contributed by atoms with Crippen LogP contribution in [0.5, 0.6) is 0 Å². The Morgan fingerprint density at radius 2 is 0.842 bits per heavy atom. The Labute approximate surface area is 209 Å². The van der Waals surface area contributed by atoms with Crippen LogP contribution in [0.3, 0.4) is 0 Å². The third kappa shape index (κ3) is 8.16. The van der Waals surface area contributed by atoms with E-state index in [9.17, 15) is 62.3 Å². The number of carbonyl (C=O) groups excluding carboxylic acids is 2. The van der Waals surface area contributed by atoms with Crippen LogP contribution in [0.2, 0.25) is 0 Å². The predicted octanol–water partition coefficient (Wildman–Crippen LogP) is 7.58. The molecule has 0 radical (unpaired) electrons. The second-order valence-corrected chi connectivity index (χ2v) is 7.98. The van der Waals surface area contributed by atoms with Crippen molar-refractivity contribution in [3.05, 3.63) is 58.7 Å². The van der Waals surface area contributed by atoms with Gasteiger partial charge in [0.25, 0.3) is 0 Å². The summed E-state index contributed by atoms with van der Waals surface area (Å²) < 4.78 is 156. The number of rotatable bonds is 6. The Morgan fingerprint density at radius 3 is 1.05 bits per heavy atom. The molecule has 38 heavy (non-hydrogen) atoms. The van der Waals surface area contributed by atoms with Crippen molar-refractivity contribution in [1.82, 2.24) is 0 Å². The van der Waals surface area contributed by atoms with Gasteiger partial charge in [0, 0.05) is 17.3 Å². The van der Waals surface area contributed by atoms with Gasteiger partial charge < -0.3 is 10.6 Å². The monoisotopic (exact) mass is 588 g/mol. The van der Waals surface area contributed by atoms with Crippen molar-refractivity contribution in [3.63, 3.8) is 0 Å². The molecule has 2 aromatic carbocycles. The molecule has 17 heteroatoms. The molecule has 0 saturated heterocycles. The first-order valence-corrected chi connectivity index (χ1v) is 10.4. The number of halogens is 13. The van der Waals surface area contributed by atoms with E-state index in [4.69, 9.17) is 11.6 Å². The lowest BCUT2D eigenvalue weighted by Crippen LogP contribution is -2.34. The zero-order valence-electron chi connectivity index (χ0n) is 18.2. The van der Waals surface area contributed by atoms with Gasteiger partial charge in [-0.05, 0) is 42.8 Å². The largest absolute Gasteiger partial charge is 0.416 e. The van der Waals surface area contributed by atoms with E-state index in [-0.39, 0.29) is 36.4 Å². The van der Waals surface area contributed by atoms with Crippen LogP contribution in [0.15, 0.2) is 36.4 Å². The fraction of sp³-hybridized carbons (Fsp3) is 0.333. The summed E-state index contributed by atoms with van der Waals surface area (Å²) in [6, 6.07) is 0.0574. The quantitative estimate of drug-likeness (QED) is 0.208. The summed E-state index contributed by atoms with van der Waals surface area (Å²) in [6.07, 6.45) is -21.7. The molecule has 0 unspecified atom stereocenters. The maximum atomic E-state index is 13.0. The molecule has 0 spiro atoms. The summed E-state index contributed by atoms with van der Waals surface area (Å²) in [5, 5.41) is 3.34. The second kappa shape index (κ2) is 10.9. The molecule has 2 amide bonds. The average Bonchev–Trinajstić information content (AvgIpc) is 2.74. The second-order valence-electron chi connectivity index (χ2n) is 7.60. The molecule has 0 aliphatic carbocycles. The van der Waals surface area contributed by atoms with Gasteiger partial charge in [0.2, 0.25) is 11.8 Å². The summed E-state index contributed by atoms with van der Waals surface area (Å²) in [4.78, 5) is 25.1. The first kappa shape index (κ1) is 31.1. The Hall–Kier alpha value is -3.17. The van der Waals surface area contributed by atoms with Crippen molar-refractivity contribution >= 4 is 34.8 Å². The molecule has 0 saturated carbocycles. The maximum Gasteiger partial charge on any atom is 0.416 e. The van der Waals surface area contributed by atoms with Crippen molar-refractivity contribution in [3.8, 4) is 0 Å². The number of benzene rings is 2. The first-order chi connectivity index (χ1) is 17.1. The average molecular weight is 589 g/mol. The lowest BCUT2D eigenvalue weighted by molar-refractivity contribution is -0.144. The van der Waals surface area contributed by atoms with Gasteiger partial charge in [-0.2, -0.15) is 52.7 Å². The van der Waals surface area contributed by atoms with E-state index >= 15 is 0 Å². The van der Waals surface area contributed by atoms with Crippen molar-refractivity contribution < 1.29 is 62.3 Å². The summed E-state index contributed by atoms with van der Waals surface area (Å²) in [5.41, 5.74) is -9.28. The standard InChI is InChI=1S/C21H13ClF12N2O2/c22-2-1-15(16(37)35-13-5-9(18(23,24)25)3-10(6-13)19(26,27)28)17(38)36-14-7-11(20(29,30)31)4-12(8-14)21(32,33)34/h3-8,15H,1-2H2,(H,35,37)(H,36,38). The summed E-state index contributed by atoms with van der Waals surface area (Å²) >= 11 is 5.48. The number of hydrogen-bond acceptors (Lipinski definition) is 2. The van der Waals surface area contributed by atoms with Crippen LogP contribution in [0.1, 0.15) is 28.7 Å². The lowest BCUT2D eigenvalue weighted by Gasteiger charge is -2.19. The fourth-order valence-corrected chi connectivity index (χ4v) is 3.22. The highest BCUT2D eigenvalue weighted by Crippen LogP contribution is 2.39. The van der Waals surface area contributed by atoms with Crippen molar-refractivity contribution in [1.29, 1.82) is 0 Å². The van der Waals surface area contributed by atoms with Gasteiger partial charge in [-0.1, -0.05) is 0 Å². The molecule has 2 aromatic rings. The summed E-state index contributed by atoms with van der Waals surface area (Å²) in [6.45, 7) is 0. The third-order valence-corrected chi connectivity index (χ3v) is 4.96. The van der Waals surface area contributed by atoms with E-state index in [2.05, 4.69) is 0 Å². The van der Waals surface area contributed by atoms with Crippen LogP contribution in [0, 0.1) is 5.92 Å². The molecule has 4 nitrogen and oxygen atoms in total. The molecule has 0 fully saturated rings. The van der Waals surface area contributed by atoms with Gasteiger partial charge in [0.15, 0.2) is 0 Å². The fourth-order valence-electron chi connectivity index (χ4n) is 3.00. The third-order valence-electron chi connectivity index (χ3n) is 4.74. The number of anilines is 2. The molecule has 0 aliphatic heterocycles. The normalized spacial score (nSPS) is 13.0.